The highest BCUT2D eigenvalue weighted by Crippen LogP contribution is 2.61. The summed E-state index contributed by atoms with van der Waals surface area (Å²) >= 11 is 0. The number of aromatic carboxylic acids is 4. The SMILES string of the molecule is O=C(O)c1ccc(Oc2cccc(C3C4CC5CC(C4)CC3C5)c2Oc2ccc(C(=O)O)c(C(=O)O)c2)cc1C(=O)O. The number of para-hydroxylation sites is 1. The Morgan fingerprint density at radius 3 is 1.52 bits per heavy atom. The van der Waals surface area contributed by atoms with Crippen LogP contribution in [0.2, 0.25) is 0 Å². The summed E-state index contributed by atoms with van der Waals surface area (Å²) in [7, 11) is 0. The van der Waals surface area contributed by atoms with Crippen molar-refractivity contribution in [1.29, 1.82) is 0 Å². The first-order valence-corrected chi connectivity index (χ1v) is 13.8. The molecule has 4 aliphatic carbocycles. The zero-order chi connectivity index (χ0) is 29.7. The second-order valence-electron chi connectivity index (χ2n) is 11.5. The van der Waals surface area contributed by atoms with E-state index in [4.69, 9.17) is 9.47 Å². The zero-order valence-electron chi connectivity index (χ0n) is 22.4. The summed E-state index contributed by atoms with van der Waals surface area (Å²) in [5.74, 6) is -2.32. The van der Waals surface area contributed by atoms with Crippen molar-refractivity contribution in [2.45, 2.75) is 38.0 Å². The van der Waals surface area contributed by atoms with Crippen molar-refractivity contribution < 1.29 is 49.1 Å². The van der Waals surface area contributed by atoms with Gasteiger partial charge in [-0.25, -0.2) is 19.2 Å². The molecule has 0 spiro atoms. The van der Waals surface area contributed by atoms with Crippen molar-refractivity contribution in [1.82, 2.24) is 0 Å². The fraction of sp³-hybridized carbons (Fsp3) is 0.312. The molecular formula is C32H28O10. The molecule has 42 heavy (non-hydrogen) atoms. The van der Waals surface area contributed by atoms with E-state index >= 15 is 0 Å². The van der Waals surface area contributed by atoms with Gasteiger partial charge < -0.3 is 29.9 Å². The first-order valence-electron chi connectivity index (χ1n) is 13.8. The van der Waals surface area contributed by atoms with E-state index in [0.717, 1.165) is 61.3 Å². The van der Waals surface area contributed by atoms with Crippen LogP contribution in [0.5, 0.6) is 23.0 Å². The van der Waals surface area contributed by atoms with Gasteiger partial charge >= 0.3 is 23.9 Å². The summed E-state index contributed by atoms with van der Waals surface area (Å²) in [4.78, 5) is 46.7. The van der Waals surface area contributed by atoms with Gasteiger partial charge in [0, 0.05) is 5.56 Å². The van der Waals surface area contributed by atoms with Crippen LogP contribution in [0.4, 0.5) is 0 Å². The molecule has 4 N–H and O–H groups in total. The minimum atomic E-state index is -1.42. The second kappa shape index (κ2) is 10.5. The molecule has 216 valence electrons. The second-order valence-corrected chi connectivity index (χ2v) is 11.5. The summed E-state index contributed by atoms with van der Waals surface area (Å²) in [5, 5.41) is 38.1. The van der Waals surface area contributed by atoms with E-state index in [1.54, 1.807) is 6.07 Å². The average molecular weight is 573 g/mol. The third-order valence-electron chi connectivity index (χ3n) is 8.95. The van der Waals surface area contributed by atoms with Crippen LogP contribution in [0.15, 0.2) is 54.6 Å². The highest BCUT2D eigenvalue weighted by atomic mass is 16.5. The average Bonchev–Trinajstić information content (AvgIpc) is 2.93. The van der Waals surface area contributed by atoms with E-state index < -0.39 is 35.0 Å². The lowest BCUT2D eigenvalue weighted by Gasteiger charge is -2.54. The number of carbonyl (C=O) groups is 4. The highest BCUT2D eigenvalue weighted by Gasteiger charge is 2.49. The zero-order valence-corrected chi connectivity index (χ0v) is 22.4. The number of ether oxygens (including phenoxy) is 2. The first kappa shape index (κ1) is 27.3. The van der Waals surface area contributed by atoms with Gasteiger partial charge in [-0.1, -0.05) is 12.1 Å². The molecule has 4 fully saturated rings. The Hall–Kier alpha value is -4.86. The molecule has 0 heterocycles. The van der Waals surface area contributed by atoms with Crippen LogP contribution in [0.25, 0.3) is 0 Å². The normalized spacial score (nSPS) is 23.8. The quantitative estimate of drug-likeness (QED) is 0.219. The van der Waals surface area contributed by atoms with Crippen molar-refractivity contribution in [3.63, 3.8) is 0 Å². The minimum absolute atomic E-state index is 0.0805. The van der Waals surface area contributed by atoms with E-state index in [9.17, 15) is 39.6 Å². The number of benzene rings is 3. The van der Waals surface area contributed by atoms with Gasteiger partial charge in [-0.15, -0.1) is 0 Å². The third-order valence-corrected chi connectivity index (χ3v) is 8.95. The van der Waals surface area contributed by atoms with Crippen LogP contribution in [0, 0.1) is 23.7 Å². The van der Waals surface area contributed by atoms with Gasteiger partial charge in [0.05, 0.1) is 22.3 Å². The maximum atomic E-state index is 11.8. The van der Waals surface area contributed by atoms with Crippen LogP contribution < -0.4 is 9.47 Å². The van der Waals surface area contributed by atoms with E-state index in [-0.39, 0.29) is 34.3 Å². The maximum absolute atomic E-state index is 11.8. The maximum Gasteiger partial charge on any atom is 0.336 e. The Labute approximate surface area is 240 Å². The van der Waals surface area contributed by atoms with Crippen LogP contribution in [0.1, 0.15) is 85.0 Å². The standard InChI is InChI=1S/C32H28O10/c33-29(34)21-6-4-19(13-24(21)31(37)38)41-26-3-1-2-23(27-17-9-15-8-16(11-17)12-18(27)10-15)28(26)42-20-5-7-22(30(35)36)25(14-20)32(39)40/h1-7,13-18,27H,8-12H2,(H,33,34)(H,35,36)(H,37,38)(H,39,40). The van der Waals surface area contributed by atoms with Crippen LogP contribution in [0.3, 0.4) is 0 Å². The number of rotatable bonds is 9. The highest BCUT2D eigenvalue weighted by molar-refractivity contribution is 6.02. The van der Waals surface area contributed by atoms with Gasteiger partial charge in [0.1, 0.15) is 11.5 Å². The molecule has 0 atom stereocenters. The number of hydrogen-bond donors (Lipinski definition) is 4. The molecule has 7 rings (SSSR count). The van der Waals surface area contributed by atoms with Gasteiger partial charge in [0.25, 0.3) is 0 Å². The molecule has 0 unspecified atom stereocenters. The number of carboxylic acids is 4. The Morgan fingerprint density at radius 1 is 0.571 bits per heavy atom. The van der Waals surface area contributed by atoms with Gasteiger partial charge in [-0.05, 0) is 104 Å². The summed E-state index contributed by atoms with van der Waals surface area (Å²) in [6.45, 7) is 0. The Bertz CT molecular complexity index is 1600. The van der Waals surface area contributed by atoms with Gasteiger partial charge in [0.2, 0.25) is 0 Å². The molecule has 4 bridgehead atoms. The molecule has 3 aromatic carbocycles. The van der Waals surface area contributed by atoms with Gasteiger partial charge in [-0.2, -0.15) is 0 Å². The predicted octanol–water partition coefficient (Wildman–Crippen LogP) is 6.60. The smallest absolute Gasteiger partial charge is 0.336 e. The molecule has 3 aromatic rings. The molecule has 0 amide bonds. The third kappa shape index (κ3) is 4.93. The van der Waals surface area contributed by atoms with Gasteiger partial charge in [-0.3, -0.25) is 0 Å². The van der Waals surface area contributed by atoms with Crippen molar-refractivity contribution in [2.24, 2.45) is 23.7 Å². The minimum Gasteiger partial charge on any atom is -0.478 e. The largest absolute Gasteiger partial charge is 0.478 e. The molecule has 0 aliphatic heterocycles. The van der Waals surface area contributed by atoms with Crippen LogP contribution in [-0.2, 0) is 0 Å². The van der Waals surface area contributed by atoms with Gasteiger partial charge in [0.15, 0.2) is 11.5 Å². The van der Waals surface area contributed by atoms with E-state index in [0.29, 0.717) is 17.6 Å². The fourth-order valence-corrected chi connectivity index (χ4v) is 7.56. The molecule has 0 aromatic heterocycles. The Balaban J connectivity index is 1.44. The van der Waals surface area contributed by atoms with Crippen molar-refractivity contribution in [3.05, 3.63) is 82.4 Å². The first-order chi connectivity index (χ1) is 20.1. The molecule has 10 heteroatoms. The lowest BCUT2D eigenvalue weighted by Crippen LogP contribution is -2.43. The van der Waals surface area contributed by atoms with E-state index in [2.05, 4.69) is 0 Å². The lowest BCUT2D eigenvalue weighted by atomic mass is 9.50. The topological polar surface area (TPSA) is 168 Å². The fourth-order valence-electron chi connectivity index (χ4n) is 7.56. The van der Waals surface area contributed by atoms with E-state index in [1.807, 2.05) is 12.1 Å². The summed E-state index contributed by atoms with van der Waals surface area (Å²) in [6, 6.07) is 12.8. The van der Waals surface area contributed by atoms with Crippen LogP contribution in [-0.4, -0.2) is 44.3 Å². The molecule has 0 radical (unpaired) electrons. The summed E-state index contributed by atoms with van der Waals surface area (Å²) in [5.41, 5.74) is -0.727. The monoisotopic (exact) mass is 572 g/mol. The van der Waals surface area contributed by atoms with Crippen molar-refractivity contribution >= 4 is 23.9 Å². The number of carboxylic acid groups (broad SMARTS) is 4. The molecule has 4 saturated carbocycles. The molecule has 10 nitrogen and oxygen atoms in total. The van der Waals surface area contributed by atoms with E-state index in [1.165, 1.54) is 24.6 Å². The number of hydrogen-bond acceptors (Lipinski definition) is 6. The summed E-state index contributed by atoms with van der Waals surface area (Å²) < 4.78 is 12.5. The Morgan fingerprint density at radius 2 is 1.05 bits per heavy atom. The molecular weight excluding hydrogens is 544 g/mol. The Kier molecular flexibility index (Phi) is 6.84. The van der Waals surface area contributed by atoms with Crippen molar-refractivity contribution in [3.8, 4) is 23.0 Å². The molecule has 0 saturated heterocycles. The van der Waals surface area contributed by atoms with Crippen molar-refractivity contribution in [2.75, 3.05) is 0 Å². The van der Waals surface area contributed by atoms with Crippen LogP contribution >= 0.6 is 0 Å². The summed E-state index contributed by atoms with van der Waals surface area (Å²) in [6.07, 6.45) is 5.77. The molecule has 4 aliphatic rings. The lowest BCUT2D eigenvalue weighted by molar-refractivity contribution is -0.00342. The predicted molar refractivity (Wildman–Crippen MR) is 147 cm³/mol.